The molecule has 0 radical (unpaired) electrons. The first kappa shape index (κ1) is 19.6. The Hall–Kier alpha value is -1.44. The highest BCUT2D eigenvalue weighted by atomic mass is 32.2. The molecule has 1 aromatic carbocycles. The van der Waals surface area contributed by atoms with Crippen LogP contribution in [0.15, 0.2) is 24.3 Å². The predicted molar refractivity (Wildman–Crippen MR) is 92.0 cm³/mol. The van der Waals surface area contributed by atoms with Gasteiger partial charge in [-0.2, -0.15) is 0 Å². The number of benzene rings is 1. The minimum Gasteiger partial charge on any atom is -0.372 e. The van der Waals surface area contributed by atoms with Crippen molar-refractivity contribution in [2.75, 3.05) is 25.1 Å². The van der Waals surface area contributed by atoms with E-state index < -0.39 is 15.3 Å². The van der Waals surface area contributed by atoms with Crippen LogP contribution in [0.5, 0.6) is 0 Å². The Bertz CT molecular complexity index is 597. The Kier molecular flexibility index (Phi) is 7.67. The Morgan fingerprint density at radius 3 is 2.30 bits per heavy atom. The lowest BCUT2D eigenvalue weighted by Crippen LogP contribution is -2.33. The molecule has 0 heterocycles. The summed E-state index contributed by atoms with van der Waals surface area (Å²) in [6, 6.07) is 7.36. The first-order chi connectivity index (χ1) is 10.8. The molecule has 0 aliphatic carbocycles. The van der Waals surface area contributed by atoms with Crippen LogP contribution >= 0.6 is 0 Å². The van der Waals surface area contributed by atoms with Crippen LogP contribution in [0.1, 0.15) is 39.2 Å². The third-order valence-corrected chi connectivity index (χ3v) is 5.22. The molecule has 0 bridgehead atoms. The molecule has 0 spiro atoms. The smallest absolute Gasteiger partial charge is 0.250 e. The molecule has 1 atom stereocenters. The maximum atomic E-state index is 11.8. The van der Waals surface area contributed by atoms with Gasteiger partial charge in [0.25, 0.3) is 0 Å². The Balaban J connectivity index is 2.57. The van der Waals surface area contributed by atoms with E-state index >= 15 is 0 Å². The largest absolute Gasteiger partial charge is 0.372 e. The molecule has 2 N–H and O–H groups in total. The van der Waals surface area contributed by atoms with Crippen molar-refractivity contribution in [1.82, 2.24) is 4.72 Å². The van der Waals surface area contributed by atoms with Crippen molar-refractivity contribution in [2.45, 2.75) is 38.9 Å². The summed E-state index contributed by atoms with van der Waals surface area (Å²) in [7, 11) is -3.26. The van der Waals surface area contributed by atoms with E-state index in [-0.39, 0.29) is 18.4 Å². The SMILES string of the molecule is CCOCC(=O)Nc1ccc(C(C)CNS(=O)(=O)C(C)C)cc1. The molecule has 1 rings (SSSR count). The topological polar surface area (TPSA) is 84.5 Å². The Labute approximate surface area is 138 Å². The first-order valence-corrected chi connectivity index (χ1v) is 9.27. The van der Waals surface area contributed by atoms with E-state index in [0.717, 1.165) is 5.56 Å². The Morgan fingerprint density at radius 1 is 1.17 bits per heavy atom. The molecule has 0 saturated carbocycles. The molecule has 0 saturated heterocycles. The van der Waals surface area contributed by atoms with Crippen LogP contribution in [0, 0.1) is 0 Å². The highest BCUT2D eigenvalue weighted by Crippen LogP contribution is 2.18. The lowest BCUT2D eigenvalue weighted by molar-refractivity contribution is -0.120. The second-order valence-electron chi connectivity index (χ2n) is 5.65. The average Bonchev–Trinajstić information content (AvgIpc) is 2.51. The van der Waals surface area contributed by atoms with Crippen molar-refractivity contribution in [1.29, 1.82) is 0 Å². The van der Waals surface area contributed by atoms with Crippen LogP contribution in [-0.2, 0) is 19.6 Å². The highest BCUT2D eigenvalue weighted by Gasteiger charge is 2.17. The van der Waals surface area contributed by atoms with Gasteiger partial charge in [0.05, 0.1) is 5.25 Å². The van der Waals surface area contributed by atoms with Gasteiger partial charge in [-0.25, -0.2) is 13.1 Å². The second-order valence-corrected chi connectivity index (χ2v) is 7.97. The fourth-order valence-corrected chi connectivity index (χ4v) is 2.63. The molecule has 1 amide bonds. The molecule has 0 aliphatic rings. The summed E-state index contributed by atoms with van der Waals surface area (Å²) >= 11 is 0. The van der Waals surface area contributed by atoms with E-state index in [1.807, 2.05) is 26.0 Å². The lowest BCUT2D eigenvalue weighted by Gasteiger charge is -2.15. The first-order valence-electron chi connectivity index (χ1n) is 7.72. The number of rotatable bonds is 9. The lowest BCUT2D eigenvalue weighted by atomic mass is 10.0. The van der Waals surface area contributed by atoms with E-state index in [4.69, 9.17) is 4.74 Å². The minimum absolute atomic E-state index is 0.0334. The van der Waals surface area contributed by atoms with E-state index in [1.165, 1.54) is 0 Å². The van der Waals surface area contributed by atoms with Gasteiger partial charge in [0.1, 0.15) is 6.61 Å². The van der Waals surface area contributed by atoms with Gasteiger partial charge in [0, 0.05) is 18.8 Å². The summed E-state index contributed by atoms with van der Waals surface area (Å²) in [4.78, 5) is 11.6. The molecular weight excluding hydrogens is 316 g/mol. The second kappa shape index (κ2) is 9.00. The summed E-state index contributed by atoms with van der Waals surface area (Å²) in [5.74, 6) is -0.158. The van der Waals surface area contributed by atoms with Crippen LogP contribution in [0.3, 0.4) is 0 Å². The van der Waals surface area contributed by atoms with Crippen molar-refractivity contribution in [3.05, 3.63) is 29.8 Å². The number of carbonyl (C=O) groups is 1. The number of anilines is 1. The van der Waals surface area contributed by atoms with Gasteiger partial charge in [0.15, 0.2) is 0 Å². The van der Waals surface area contributed by atoms with Crippen LogP contribution in [-0.4, -0.2) is 39.3 Å². The Morgan fingerprint density at radius 2 is 1.78 bits per heavy atom. The number of hydrogen-bond acceptors (Lipinski definition) is 4. The molecule has 0 fully saturated rings. The summed E-state index contributed by atoms with van der Waals surface area (Å²) in [6.45, 7) is 7.94. The standard InChI is InChI=1S/C16H26N2O4S/c1-5-22-11-16(19)18-15-8-6-14(7-9-15)13(4)10-17-23(20,21)12(2)3/h6-9,12-13,17H,5,10-11H2,1-4H3,(H,18,19). The maximum absolute atomic E-state index is 11.8. The van der Waals surface area contributed by atoms with E-state index in [9.17, 15) is 13.2 Å². The minimum atomic E-state index is -3.26. The summed E-state index contributed by atoms with van der Waals surface area (Å²) < 4.78 is 31.2. The van der Waals surface area contributed by atoms with Gasteiger partial charge >= 0.3 is 0 Å². The van der Waals surface area contributed by atoms with Crippen LogP contribution in [0.25, 0.3) is 0 Å². The molecule has 0 aliphatic heterocycles. The van der Waals surface area contributed by atoms with Crippen molar-refractivity contribution in [3.8, 4) is 0 Å². The fourth-order valence-electron chi connectivity index (χ4n) is 1.81. The van der Waals surface area contributed by atoms with Gasteiger partial charge in [-0.1, -0.05) is 19.1 Å². The summed E-state index contributed by atoms with van der Waals surface area (Å²) in [5, 5.41) is 2.29. The van der Waals surface area contributed by atoms with Crippen molar-refractivity contribution in [3.63, 3.8) is 0 Å². The quantitative estimate of drug-likeness (QED) is 0.720. The van der Waals surface area contributed by atoms with Gasteiger partial charge in [-0.15, -0.1) is 0 Å². The van der Waals surface area contributed by atoms with Crippen molar-refractivity contribution in [2.24, 2.45) is 0 Å². The molecule has 130 valence electrons. The zero-order valence-electron chi connectivity index (χ0n) is 14.1. The van der Waals surface area contributed by atoms with E-state index in [1.54, 1.807) is 26.0 Å². The average molecular weight is 342 g/mol. The van der Waals surface area contributed by atoms with Crippen LogP contribution in [0.4, 0.5) is 5.69 Å². The molecule has 1 aromatic rings. The van der Waals surface area contributed by atoms with E-state index in [0.29, 0.717) is 18.8 Å². The summed E-state index contributed by atoms with van der Waals surface area (Å²) in [6.07, 6.45) is 0. The highest BCUT2D eigenvalue weighted by molar-refractivity contribution is 7.90. The van der Waals surface area contributed by atoms with Gasteiger partial charge in [-0.3, -0.25) is 4.79 Å². The number of amides is 1. The monoisotopic (exact) mass is 342 g/mol. The third-order valence-electron chi connectivity index (χ3n) is 3.41. The molecule has 7 heteroatoms. The van der Waals surface area contributed by atoms with E-state index in [2.05, 4.69) is 10.0 Å². The molecule has 23 heavy (non-hydrogen) atoms. The molecule has 0 aromatic heterocycles. The zero-order valence-corrected chi connectivity index (χ0v) is 14.9. The zero-order chi connectivity index (χ0) is 17.5. The molecule has 1 unspecified atom stereocenters. The summed E-state index contributed by atoms with van der Waals surface area (Å²) in [5.41, 5.74) is 1.69. The van der Waals surface area contributed by atoms with Crippen LogP contribution in [0.2, 0.25) is 0 Å². The normalized spacial score (nSPS) is 13.1. The molecular formula is C16H26N2O4S. The number of hydrogen-bond donors (Lipinski definition) is 2. The maximum Gasteiger partial charge on any atom is 0.250 e. The predicted octanol–water partition coefficient (Wildman–Crippen LogP) is 2.09. The number of nitrogens with one attached hydrogen (secondary N) is 2. The number of ether oxygens (including phenoxy) is 1. The van der Waals surface area contributed by atoms with Gasteiger partial charge < -0.3 is 10.1 Å². The van der Waals surface area contributed by atoms with Gasteiger partial charge in [-0.05, 0) is 44.4 Å². The number of sulfonamides is 1. The molecule has 6 nitrogen and oxygen atoms in total. The third kappa shape index (κ3) is 6.68. The van der Waals surface area contributed by atoms with Gasteiger partial charge in [0.2, 0.25) is 15.9 Å². The van der Waals surface area contributed by atoms with Crippen molar-refractivity contribution >= 4 is 21.6 Å². The fraction of sp³-hybridized carbons (Fsp3) is 0.562. The van der Waals surface area contributed by atoms with Crippen LogP contribution < -0.4 is 10.0 Å². The number of carbonyl (C=O) groups excluding carboxylic acids is 1. The van der Waals surface area contributed by atoms with Crippen molar-refractivity contribution < 1.29 is 17.9 Å².